The van der Waals surface area contributed by atoms with E-state index in [1.165, 1.54) is 31.7 Å². The Bertz CT molecular complexity index is 1230. The van der Waals surface area contributed by atoms with Gasteiger partial charge in [0.15, 0.2) is 24.0 Å². The van der Waals surface area contributed by atoms with Crippen molar-refractivity contribution in [3.8, 4) is 11.8 Å². The van der Waals surface area contributed by atoms with Crippen molar-refractivity contribution in [3.63, 3.8) is 0 Å². The summed E-state index contributed by atoms with van der Waals surface area (Å²) in [6.45, 7) is 3.33. The minimum Gasteiger partial charge on any atom is -0.844 e. The van der Waals surface area contributed by atoms with Crippen molar-refractivity contribution < 1.29 is 43.0 Å². The average molecular weight is 471 g/mol. The van der Waals surface area contributed by atoms with Gasteiger partial charge in [0, 0.05) is 20.8 Å². The molecule has 1 aliphatic heterocycles. The van der Waals surface area contributed by atoms with Crippen molar-refractivity contribution in [3.05, 3.63) is 36.9 Å². The number of aromatic nitrogens is 5. The molecular weight excluding hydrogens is 450 g/mol. The molecule has 0 saturated carbocycles. The van der Waals surface area contributed by atoms with E-state index in [0.717, 1.165) is 0 Å². The molecule has 178 valence electrons. The van der Waals surface area contributed by atoms with Gasteiger partial charge in [-0.05, 0) is 17.1 Å². The largest absolute Gasteiger partial charge is 0.844 e. The topological polar surface area (TPSA) is 159 Å². The Morgan fingerprint density at radius 3 is 2.35 bits per heavy atom. The number of esters is 3. The molecule has 34 heavy (non-hydrogen) atoms. The van der Waals surface area contributed by atoms with Crippen LogP contribution >= 0.6 is 0 Å². The molecule has 13 heteroatoms. The summed E-state index contributed by atoms with van der Waals surface area (Å²) in [6, 6.07) is 5.29. The highest BCUT2D eigenvalue weighted by atomic mass is 16.7. The Hall–Kier alpha value is -4.13. The van der Waals surface area contributed by atoms with Gasteiger partial charge >= 0.3 is 23.9 Å². The van der Waals surface area contributed by atoms with Crippen LogP contribution in [0.3, 0.4) is 0 Å². The molecule has 0 N–H and O–H groups in total. The Balaban J connectivity index is 1.79. The van der Waals surface area contributed by atoms with Gasteiger partial charge in [-0.1, -0.05) is 11.1 Å². The van der Waals surface area contributed by atoms with Gasteiger partial charge < -0.3 is 24.1 Å². The zero-order valence-electron chi connectivity index (χ0n) is 18.5. The molecule has 4 rings (SSSR count). The molecule has 1 saturated heterocycles. The van der Waals surface area contributed by atoms with Gasteiger partial charge in [-0.3, -0.25) is 19.0 Å². The van der Waals surface area contributed by atoms with Crippen LogP contribution in [-0.4, -0.2) is 62.3 Å². The fourth-order valence-electron chi connectivity index (χ4n) is 3.63. The molecule has 0 unspecified atom stereocenters. The second-order valence-corrected chi connectivity index (χ2v) is 7.45. The van der Waals surface area contributed by atoms with Crippen LogP contribution in [0.5, 0.6) is 5.88 Å². The number of fused-ring (bicyclic) bond motifs is 1. The maximum atomic E-state index is 12.6. The van der Waals surface area contributed by atoms with E-state index in [0.29, 0.717) is 0 Å². The van der Waals surface area contributed by atoms with Crippen molar-refractivity contribution >= 4 is 29.1 Å². The van der Waals surface area contributed by atoms with Crippen LogP contribution in [0.1, 0.15) is 27.0 Å². The highest BCUT2D eigenvalue weighted by Crippen LogP contribution is 2.36. The molecular formula is C21H21N5O8. The summed E-state index contributed by atoms with van der Waals surface area (Å²) in [5.41, 5.74) is 0.0844. The Morgan fingerprint density at radius 2 is 1.71 bits per heavy atom. The number of nitrogens with zero attached hydrogens (tertiary/aromatic N) is 5. The maximum absolute atomic E-state index is 12.6. The monoisotopic (exact) mass is 471 g/mol. The quantitative estimate of drug-likeness (QED) is 0.259. The first-order valence-electron chi connectivity index (χ1n) is 10.3. The van der Waals surface area contributed by atoms with Gasteiger partial charge in [-0.15, -0.1) is 0 Å². The highest BCUT2D eigenvalue weighted by molar-refractivity contribution is 5.76. The Morgan fingerprint density at radius 1 is 1.03 bits per heavy atom. The minimum absolute atomic E-state index is 0.0297. The van der Waals surface area contributed by atoms with Crippen LogP contribution in [0.15, 0.2) is 36.9 Å². The van der Waals surface area contributed by atoms with E-state index in [1.54, 1.807) is 35.2 Å². The summed E-state index contributed by atoms with van der Waals surface area (Å²) in [5, 5.41) is 12.6. The third-order valence-corrected chi connectivity index (χ3v) is 4.94. The van der Waals surface area contributed by atoms with E-state index < -0.39 is 48.3 Å². The minimum atomic E-state index is -1.14. The van der Waals surface area contributed by atoms with Crippen molar-refractivity contribution in [1.82, 2.24) is 19.5 Å². The van der Waals surface area contributed by atoms with Gasteiger partial charge in [0.1, 0.15) is 24.9 Å². The second kappa shape index (κ2) is 9.39. The number of ether oxygens (including phenoxy) is 4. The fraction of sp³-hybridized carbons (Fsp3) is 0.381. The molecule has 0 amide bonds. The number of rotatable bonds is 6. The van der Waals surface area contributed by atoms with E-state index in [2.05, 4.69) is 15.0 Å². The van der Waals surface area contributed by atoms with Gasteiger partial charge in [0.25, 0.3) is 0 Å². The smallest absolute Gasteiger partial charge is 0.438 e. The fourth-order valence-corrected chi connectivity index (χ4v) is 3.63. The number of imidazole rings is 1. The molecule has 1 fully saturated rings. The highest BCUT2D eigenvalue weighted by Gasteiger charge is 2.51. The maximum Gasteiger partial charge on any atom is 0.438 e. The third-order valence-electron chi connectivity index (χ3n) is 4.94. The van der Waals surface area contributed by atoms with Crippen molar-refractivity contribution in [2.45, 2.75) is 45.3 Å². The number of carbonyl (C=O) groups excluding carboxylic acids is 3. The lowest BCUT2D eigenvalue weighted by Gasteiger charge is -2.23. The lowest BCUT2D eigenvalue weighted by Crippen LogP contribution is -2.40. The molecule has 0 bridgehead atoms. The SMILES string of the molecule is CC(=O)OC[C@H]1O[C@@H](n2cnc3c([O-])nc(-[n+]4ccccc4)nc32)[C@H](OC(C)=O)[C@@H]1OC(C)=O. The van der Waals surface area contributed by atoms with Crippen LogP contribution < -0.4 is 9.67 Å². The van der Waals surface area contributed by atoms with E-state index in [4.69, 9.17) is 18.9 Å². The zero-order valence-corrected chi connectivity index (χ0v) is 18.5. The van der Waals surface area contributed by atoms with E-state index in [9.17, 15) is 19.5 Å². The third kappa shape index (κ3) is 4.64. The number of hydrogen-bond acceptors (Lipinski definition) is 11. The molecule has 4 heterocycles. The second-order valence-electron chi connectivity index (χ2n) is 7.45. The first kappa shape index (κ1) is 23.0. The summed E-state index contributed by atoms with van der Waals surface area (Å²) < 4.78 is 24.8. The number of carbonyl (C=O) groups is 3. The first-order valence-corrected chi connectivity index (χ1v) is 10.3. The molecule has 3 aromatic rings. The van der Waals surface area contributed by atoms with E-state index >= 15 is 0 Å². The van der Waals surface area contributed by atoms with Gasteiger partial charge in [-0.25, -0.2) is 9.55 Å². The molecule has 4 atom stereocenters. The normalized spacial score (nSPS) is 21.9. The standard InChI is InChI=1S/C21H21N5O8/c1-11(27)31-9-14-16(32-12(2)28)17(33-13(3)29)20(34-14)26-10-22-15-18(26)23-21(24-19(15)30)25-7-5-4-6-8-25/h4-8,10,14,16-17,20H,9H2,1-3H3/t14-,16-,17-,20-/m1/s1. The van der Waals surface area contributed by atoms with Crippen LogP contribution in [-0.2, 0) is 33.3 Å². The molecule has 1 aliphatic rings. The first-order chi connectivity index (χ1) is 16.2. The van der Waals surface area contributed by atoms with Crippen LogP contribution in [0.4, 0.5) is 0 Å². The predicted octanol–water partition coefficient (Wildman–Crippen LogP) is -0.499. The summed E-state index contributed by atoms with van der Waals surface area (Å²) in [7, 11) is 0. The Labute approximate surface area is 192 Å². The lowest BCUT2D eigenvalue weighted by molar-refractivity contribution is -0.603. The van der Waals surface area contributed by atoms with Crippen molar-refractivity contribution in [1.29, 1.82) is 0 Å². The van der Waals surface area contributed by atoms with E-state index in [-0.39, 0.29) is 23.7 Å². The number of hydrogen-bond donors (Lipinski definition) is 0. The summed E-state index contributed by atoms with van der Waals surface area (Å²) in [6.07, 6.45) is 0.331. The van der Waals surface area contributed by atoms with Crippen molar-refractivity contribution in [2.24, 2.45) is 0 Å². The molecule has 0 aromatic carbocycles. The molecule has 0 aliphatic carbocycles. The van der Waals surface area contributed by atoms with Crippen LogP contribution in [0.25, 0.3) is 17.1 Å². The van der Waals surface area contributed by atoms with Crippen LogP contribution in [0, 0.1) is 0 Å². The van der Waals surface area contributed by atoms with Gasteiger partial charge in [0.05, 0.1) is 12.4 Å². The van der Waals surface area contributed by atoms with Crippen LogP contribution in [0.2, 0.25) is 0 Å². The van der Waals surface area contributed by atoms with Gasteiger partial charge in [0.2, 0.25) is 5.65 Å². The summed E-state index contributed by atoms with van der Waals surface area (Å²) >= 11 is 0. The molecule has 3 aromatic heterocycles. The average Bonchev–Trinajstić information content (AvgIpc) is 3.34. The van der Waals surface area contributed by atoms with E-state index in [1.807, 2.05) is 0 Å². The lowest BCUT2D eigenvalue weighted by atomic mass is 10.1. The predicted molar refractivity (Wildman–Crippen MR) is 108 cm³/mol. The molecule has 0 radical (unpaired) electrons. The summed E-state index contributed by atoms with van der Waals surface area (Å²) in [5.74, 6) is -2.41. The molecule has 0 spiro atoms. The summed E-state index contributed by atoms with van der Waals surface area (Å²) in [4.78, 5) is 47.5. The van der Waals surface area contributed by atoms with Crippen molar-refractivity contribution in [2.75, 3.05) is 6.61 Å². The molecule has 13 nitrogen and oxygen atoms in total. The van der Waals surface area contributed by atoms with Gasteiger partial charge in [-0.2, -0.15) is 0 Å². The zero-order chi connectivity index (χ0) is 24.4. The number of pyridine rings is 1. The Kier molecular flexibility index (Phi) is 6.36.